The number of piperazine rings is 1. The molecule has 0 radical (unpaired) electrons. The minimum Gasteiger partial charge on any atom is -0.467 e. The molecule has 0 saturated carbocycles. The summed E-state index contributed by atoms with van der Waals surface area (Å²) >= 11 is 7.67. The zero-order valence-electron chi connectivity index (χ0n) is 21.4. The number of carbonyl (C=O) groups excluding carboxylic acids is 2. The van der Waals surface area contributed by atoms with Gasteiger partial charge < -0.3 is 19.3 Å². The Morgan fingerprint density at radius 1 is 1.00 bits per heavy atom. The van der Waals surface area contributed by atoms with E-state index in [0.29, 0.717) is 41.7 Å². The molecule has 3 aromatic rings. The highest BCUT2D eigenvalue weighted by Crippen LogP contribution is 2.33. The van der Waals surface area contributed by atoms with Gasteiger partial charge in [0.2, 0.25) is 10.0 Å². The molecule has 2 amide bonds. The lowest BCUT2D eigenvalue weighted by Crippen LogP contribution is -2.50. The van der Waals surface area contributed by atoms with Gasteiger partial charge >= 0.3 is 6.09 Å². The standard InChI is InChI=1S/C26H29ClN4O6S2/c1-2-36-26(33)30-14-16-31(17-15-30)39(34,35)20-8-6-18(7-9-20)24(32)29-12-10-19(11-13-29)37-25-28-23-21(27)4-3-5-22(23)38-25/h3-9,19H,2,10-17H2,1H3. The molecule has 5 rings (SSSR count). The van der Waals surface area contributed by atoms with Crippen molar-refractivity contribution < 1.29 is 27.5 Å². The molecule has 3 heterocycles. The van der Waals surface area contributed by atoms with Crippen LogP contribution in [-0.4, -0.2) is 91.5 Å². The van der Waals surface area contributed by atoms with Crippen LogP contribution >= 0.6 is 22.9 Å². The van der Waals surface area contributed by atoms with Gasteiger partial charge in [-0.2, -0.15) is 4.31 Å². The van der Waals surface area contributed by atoms with Crippen molar-refractivity contribution in [1.82, 2.24) is 19.1 Å². The summed E-state index contributed by atoms with van der Waals surface area (Å²) in [5.74, 6) is -0.146. The minimum atomic E-state index is -3.74. The summed E-state index contributed by atoms with van der Waals surface area (Å²) in [4.78, 5) is 32.8. The quantitative estimate of drug-likeness (QED) is 0.424. The average Bonchev–Trinajstić information content (AvgIpc) is 3.37. The molecule has 2 saturated heterocycles. The van der Waals surface area contributed by atoms with Gasteiger partial charge in [-0.3, -0.25) is 4.79 Å². The Kier molecular flexibility index (Phi) is 8.27. The Morgan fingerprint density at radius 2 is 1.69 bits per heavy atom. The zero-order valence-corrected chi connectivity index (χ0v) is 23.8. The second kappa shape index (κ2) is 11.7. The number of halogens is 1. The first-order chi connectivity index (χ1) is 18.8. The van der Waals surface area contributed by atoms with Crippen LogP contribution in [0.4, 0.5) is 4.79 Å². The van der Waals surface area contributed by atoms with Gasteiger partial charge in [0.25, 0.3) is 11.1 Å². The molecule has 39 heavy (non-hydrogen) atoms. The van der Waals surface area contributed by atoms with Crippen molar-refractivity contribution in [3.05, 3.63) is 53.1 Å². The number of nitrogens with zero attached hydrogens (tertiary/aromatic N) is 4. The van der Waals surface area contributed by atoms with E-state index in [9.17, 15) is 18.0 Å². The highest BCUT2D eigenvalue weighted by Gasteiger charge is 2.31. The van der Waals surface area contributed by atoms with Crippen LogP contribution in [0, 0.1) is 0 Å². The van der Waals surface area contributed by atoms with Crippen LogP contribution in [0.2, 0.25) is 5.02 Å². The predicted octanol–water partition coefficient (Wildman–Crippen LogP) is 4.10. The molecular weight excluding hydrogens is 564 g/mol. The number of para-hydroxylation sites is 1. The molecule has 2 aliphatic rings. The van der Waals surface area contributed by atoms with Gasteiger partial charge in [0.15, 0.2) is 0 Å². The Morgan fingerprint density at radius 3 is 2.33 bits per heavy atom. The number of hydrogen-bond donors (Lipinski definition) is 0. The molecule has 2 fully saturated rings. The summed E-state index contributed by atoms with van der Waals surface area (Å²) in [6, 6.07) is 11.7. The maximum Gasteiger partial charge on any atom is 0.409 e. The normalized spacial score (nSPS) is 17.4. The van der Waals surface area contributed by atoms with E-state index in [1.165, 1.54) is 32.7 Å². The SMILES string of the molecule is CCOC(=O)N1CCN(S(=O)(=O)c2ccc(C(=O)N3CCC(Oc4nc5c(Cl)cccc5s4)CC3)cc2)CC1. The number of fused-ring (bicyclic) bond motifs is 1. The molecule has 10 nitrogen and oxygen atoms in total. The summed E-state index contributed by atoms with van der Waals surface area (Å²) in [7, 11) is -3.74. The first kappa shape index (κ1) is 27.6. The van der Waals surface area contributed by atoms with Crippen molar-refractivity contribution in [3.8, 4) is 5.19 Å². The summed E-state index contributed by atoms with van der Waals surface area (Å²) < 4.78 is 39.6. The number of carbonyl (C=O) groups is 2. The number of rotatable bonds is 6. The number of thiazole rings is 1. The van der Waals surface area contributed by atoms with Gasteiger partial charge in [-0.25, -0.2) is 18.2 Å². The zero-order chi connectivity index (χ0) is 27.6. The van der Waals surface area contributed by atoms with E-state index in [-0.39, 0.29) is 49.7 Å². The molecule has 2 aliphatic heterocycles. The summed E-state index contributed by atoms with van der Waals surface area (Å²) in [6.07, 6.45) is 0.846. The molecule has 0 aliphatic carbocycles. The number of likely N-dealkylation sites (tertiary alicyclic amines) is 1. The van der Waals surface area contributed by atoms with Gasteiger partial charge in [-0.05, 0) is 43.3 Å². The fraction of sp³-hybridized carbons (Fsp3) is 0.423. The van der Waals surface area contributed by atoms with Crippen molar-refractivity contribution >= 4 is 55.2 Å². The number of aromatic nitrogens is 1. The Bertz CT molecular complexity index is 1450. The number of sulfonamides is 1. The maximum atomic E-state index is 13.1. The van der Waals surface area contributed by atoms with Crippen molar-refractivity contribution in [3.63, 3.8) is 0 Å². The minimum absolute atomic E-state index is 0.0507. The van der Waals surface area contributed by atoms with Crippen LogP contribution in [0.5, 0.6) is 5.19 Å². The average molecular weight is 593 g/mol. The Hall–Kier alpha value is -2.93. The fourth-order valence-corrected chi connectivity index (χ4v) is 7.29. The number of piperidine rings is 1. The molecule has 0 unspecified atom stereocenters. The van der Waals surface area contributed by atoms with Crippen LogP contribution in [0.1, 0.15) is 30.1 Å². The Balaban J connectivity index is 1.15. The largest absolute Gasteiger partial charge is 0.467 e. The van der Waals surface area contributed by atoms with Gasteiger partial charge in [0.05, 0.1) is 21.2 Å². The molecule has 13 heteroatoms. The molecule has 1 aromatic heterocycles. The monoisotopic (exact) mass is 592 g/mol. The van der Waals surface area contributed by atoms with Gasteiger partial charge in [-0.15, -0.1) is 0 Å². The Labute approximate surface area is 236 Å². The van der Waals surface area contributed by atoms with Crippen molar-refractivity contribution in [1.29, 1.82) is 0 Å². The lowest BCUT2D eigenvalue weighted by atomic mass is 10.1. The molecule has 2 aromatic carbocycles. The lowest BCUT2D eigenvalue weighted by Gasteiger charge is -2.33. The third kappa shape index (κ3) is 5.98. The molecule has 0 N–H and O–H groups in total. The van der Waals surface area contributed by atoms with E-state index < -0.39 is 16.1 Å². The number of amides is 2. The first-order valence-corrected chi connectivity index (χ1v) is 15.4. The number of ether oxygens (including phenoxy) is 2. The van der Waals surface area contributed by atoms with E-state index in [4.69, 9.17) is 21.1 Å². The molecule has 0 spiro atoms. The van der Waals surface area contributed by atoms with Crippen LogP contribution in [0.3, 0.4) is 0 Å². The summed E-state index contributed by atoms with van der Waals surface area (Å²) in [5, 5.41) is 1.16. The van der Waals surface area contributed by atoms with Crippen molar-refractivity contribution in [2.75, 3.05) is 45.9 Å². The highest BCUT2D eigenvalue weighted by atomic mass is 35.5. The van der Waals surface area contributed by atoms with Crippen molar-refractivity contribution in [2.45, 2.75) is 30.8 Å². The van der Waals surface area contributed by atoms with Crippen LogP contribution in [-0.2, 0) is 14.8 Å². The third-order valence-corrected chi connectivity index (χ3v) is 9.98. The fourth-order valence-electron chi connectivity index (χ4n) is 4.69. The van der Waals surface area contributed by atoms with Crippen LogP contribution in [0.15, 0.2) is 47.4 Å². The molecular formula is C26H29ClN4O6S2. The van der Waals surface area contributed by atoms with Gasteiger partial charge in [-0.1, -0.05) is 29.0 Å². The van der Waals surface area contributed by atoms with E-state index >= 15 is 0 Å². The maximum absolute atomic E-state index is 13.1. The van der Waals surface area contributed by atoms with E-state index in [0.717, 1.165) is 10.2 Å². The number of hydrogen-bond acceptors (Lipinski definition) is 8. The first-order valence-electron chi connectivity index (χ1n) is 12.8. The third-order valence-electron chi connectivity index (χ3n) is 6.85. The van der Waals surface area contributed by atoms with E-state index in [1.54, 1.807) is 30.0 Å². The molecule has 0 bridgehead atoms. The van der Waals surface area contributed by atoms with Gasteiger partial charge in [0.1, 0.15) is 11.6 Å². The summed E-state index contributed by atoms with van der Waals surface area (Å²) in [6.45, 7) is 3.95. The van der Waals surface area contributed by atoms with Gasteiger partial charge in [0, 0.05) is 57.7 Å². The second-order valence-electron chi connectivity index (χ2n) is 9.29. The second-order valence-corrected chi connectivity index (χ2v) is 12.6. The van der Waals surface area contributed by atoms with Crippen LogP contribution < -0.4 is 4.74 Å². The summed E-state index contributed by atoms with van der Waals surface area (Å²) in [5.41, 5.74) is 1.16. The van der Waals surface area contributed by atoms with Crippen LogP contribution in [0.25, 0.3) is 10.2 Å². The predicted molar refractivity (Wildman–Crippen MR) is 148 cm³/mol. The molecule has 0 atom stereocenters. The number of benzene rings is 2. The smallest absolute Gasteiger partial charge is 0.409 e. The highest BCUT2D eigenvalue weighted by molar-refractivity contribution is 7.89. The lowest BCUT2D eigenvalue weighted by molar-refractivity contribution is 0.0595. The van der Waals surface area contributed by atoms with E-state index in [1.807, 2.05) is 12.1 Å². The van der Waals surface area contributed by atoms with E-state index in [2.05, 4.69) is 4.98 Å². The van der Waals surface area contributed by atoms with Crippen molar-refractivity contribution in [2.24, 2.45) is 0 Å². The topological polar surface area (TPSA) is 109 Å². The molecule has 208 valence electrons.